The van der Waals surface area contributed by atoms with Crippen molar-refractivity contribution in [1.29, 1.82) is 0 Å². The van der Waals surface area contributed by atoms with Gasteiger partial charge >= 0.3 is 11.4 Å². The molecule has 0 aliphatic heterocycles. The molecule has 0 saturated heterocycles. The Hall–Kier alpha value is -4.88. The Morgan fingerprint density at radius 3 is 2.39 bits per heavy atom. The van der Waals surface area contributed by atoms with Gasteiger partial charge in [-0.3, -0.25) is 20.6 Å². The molecule has 0 fully saturated rings. The normalized spacial score (nSPS) is 11.7. The fraction of sp³-hybridized carbons (Fsp3) is 0.160. The Kier molecular flexibility index (Phi) is 7.89. The fourth-order valence-electron chi connectivity index (χ4n) is 3.50. The van der Waals surface area contributed by atoms with E-state index < -0.39 is 29.6 Å². The average molecular weight is 521 g/mol. The summed E-state index contributed by atoms with van der Waals surface area (Å²) in [6, 6.07) is 17.3. The number of nitrogens with zero attached hydrogens (tertiary/aromatic N) is 4. The van der Waals surface area contributed by atoms with E-state index in [1.54, 1.807) is 36.4 Å². The average Bonchev–Trinajstić information content (AvgIpc) is 2.90. The third kappa shape index (κ3) is 6.27. The minimum atomic E-state index is -0.946. The zero-order valence-electron chi connectivity index (χ0n) is 20.3. The number of hydrazine groups is 1. The number of aromatic nitrogens is 4. The SMILES string of the molecule is CC(NN)c1cccc(Oc2ccc(Nc3nc(=O)n(CC(N)=O)c(=O)n3Cc3ccc(F)cc3)cc2)n1. The van der Waals surface area contributed by atoms with Crippen molar-refractivity contribution in [3.8, 4) is 11.6 Å². The molecular weight excluding hydrogens is 495 g/mol. The summed E-state index contributed by atoms with van der Waals surface area (Å²) in [5, 5.41) is 2.94. The molecule has 2 aromatic carbocycles. The molecule has 0 aliphatic rings. The summed E-state index contributed by atoms with van der Waals surface area (Å²) in [5.41, 5.74) is 7.83. The lowest BCUT2D eigenvalue weighted by Crippen LogP contribution is -2.45. The highest BCUT2D eigenvalue weighted by atomic mass is 19.1. The van der Waals surface area contributed by atoms with Crippen LogP contribution in [0.15, 0.2) is 76.3 Å². The smallest absolute Gasteiger partial charge is 0.355 e. The Bertz CT molecular complexity index is 1550. The molecule has 196 valence electrons. The number of hydrogen-bond acceptors (Lipinski definition) is 9. The van der Waals surface area contributed by atoms with Gasteiger partial charge in [0.1, 0.15) is 18.1 Å². The van der Waals surface area contributed by atoms with E-state index in [0.717, 1.165) is 4.57 Å². The van der Waals surface area contributed by atoms with E-state index in [9.17, 15) is 18.8 Å². The number of carbonyl (C=O) groups excluding carboxylic acids is 1. The van der Waals surface area contributed by atoms with Crippen LogP contribution >= 0.6 is 0 Å². The summed E-state index contributed by atoms with van der Waals surface area (Å²) >= 11 is 0. The monoisotopic (exact) mass is 520 g/mol. The number of anilines is 2. The van der Waals surface area contributed by atoms with Crippen molar-refractivity contribution >= 4 is 17.5 Å². The van der Waals surface area contributed by atoms with Gasteiger partial charge in [-0.05, 0) is 55.0 Å². The van der Waals surface area contributed by atoms with Crippen molar-refractivity contribution in [2.24, 2.45) is 11.6 Å². The van der Waals surface area contributed by atoms with Crippen LogP contribution in [-0.2, 0) is 17.9 Å². The number of amides is 1. The van der Waals surface area contributed by atoms with Crippen LogP contribution in [0.25, 0.3) is 0 Å². The van der Waals surface area contributed by atoms with E-state index in [2.05, 4.69) is 20.7 Å². The molecular formula is C25H25FN8O4. The van der Waals surface area contributed by atoms with Crippen LogP contribution in [0.1, 0.15) is 24.2 Å². The van der Waals surface area contributed by atoms with Crippen molar-refractivity contribution in [2.45, 2.75) is 26.1 Å². The molecule has 12 nitrogen and oxygen atoms in total. The maximum Gasteiger partial charge on any atom is 0.355 e. The lowest BCUT2D eigenvalue weighted by atomic mass is 10.2. The molecule has 6 N–H and O–H groups in total. The van der Waals surface area contributed by atoms with Crippen molar-refractivity contribution < 1.29 is 13.9 Å². The fourth-order valence-corrected chi connectivity index (χ4v) is 3.50. The maximum atomic E-state index is 13.4. The predicted octanol–water partition coefficient (Wildman–Crippen LogP) is 1.53. The highest BCUT2D eigenvalue weighted by Crippen LogP contribution is 2.24. The summed E-state index contributed by atoms with van der Waals surface area (Å²) < 4.78 is 21.0. The van der Waals surface area contributed by atoms with Gasteiger partial charge in [0.05, 0.1) is 18.3 Å². The molecule has 0 saturated carbocycles. The number of nitrogens with one attached hydrogen (secondary N) is 2. The first kappa shape index (κ1) is 26.2. The summed E-state index contributed by atoms with van der Waals surface area (Å²) in [6.45, 7) is 1.19. The van der Waals surface area contributed by atoms with Gasteiger partial charge in [-0.25, -0.2) is 23.5 Å². The Labute approximate surface area is 215 Å². The number of nitrogens with two attached hydrogens (primary N) is 2. The van der Waals surface area contributed by atoms with Crippen LogP contribution in [0, 0.1) is 5.82 Å². The second-order valence-corrected chi connectivity index (χ2v) is 8.31. The van der Waals surface area contributed by atoms with Crippen molar-refractivity contribution in [1.82, 2.24) is 24.5 Å². The standard InChI is InChI=1S/C25H25FN8O4/c1-15(32-28)20-3-2-4-22(30-20)38-19-11-9-18(10-12-19)29-23-31-24(36)34(14-21(27)35)25(37)33(23)13-16-5-7-17(26)8-6-16/h2-12,15,32H,13-14,28H2,1H3,(H2,27,35)(H,29,31,36). The van der Waals surface area contributed by atoms with Crippen LogP contribution in [0.2, 0.25) is 0 Å². The van der Waals surface area contributed by atoms with E-state index >= 15 is 0 Å². The second kappa shape index (κ2) is 11.5. The molecule has 2 heterocycles. The second-order valence-electron chi connectivity index (χ2n) is 8.31. The molecule has 4 rings (SSSR count). The van der Waals surface area contributed by atoms with Crippen LogP contribution < -0.4 is 38.4 Å². The molecule has 0 radical (unpaired) electrons. The van der Waals surface area contributed by atoms with Gasteiger partial charge in [0.15, 0.2) is 0 Å². The number of rotatable bonds is 10. The molecule has 1 atom stereocenters. The van der Waals surface area contributed by atoms with E-state index in [1.165, 1.54) is 24.3 Å². The molecule has 4 aromatic rings. The van der Waals surface area contributed by atoms with Crippen LogP contribution in [0.3, 0.4) is 0 Å². The number of ether oxygens (including phenoxy) is 1. The van der Waals surface area contributed by atoms with E-state index in [0.29, 0.717) is 33.1 Å². The number of halogens is 1. The largest absolute Gasteiger partial charge is 0.439 e. The van der Waals surface area contributed by atoms with Crippen LogP contribution in [-0.4, -0.2) is 25.0 Å². The van der Waals surface area contributed by atoms with Gasteiger partial charge in [-0.2, -0.15) is 4.98 Å². The minimum Gasteiger partial charge on any atom is -0.439 e. The third-order valence-corrected chi connectivity index (χ3v) is 5.49. The Morgan fingerprint density at radius 2 is 1.74 bits per heavy atom. The van der Waals surface area contributed by atoms with Crippen molar-refractivity contribution in [3.05, 3.63) is 105 Å². The number of primary amides is 1. The summed E-state index contributed by atoms with van der Waals surface area (Å²) in [4.78, 5) is 45.3. The lowest BCUT2D eigenvalue weighted by Gasteiger charge is -2.15. The van der Waals surface area contributed by atoms with Crippen LogP contribution in [0.4, 0.5) is 16.0 Å². The zero-order chi connectivity index (χ0) is 27.2. The highest BCUT2D eigenvalue weighted by molar-refractivity contribution is 5.73. The molecule has 0 aliphatic carbocycles. The van der Waals surface area contributed by atoms with Gasteiger partial charge in [0, 0.05) is 11.8 Å². The number of carbonyl (C=O) groups is 1. The molecule has 0 bridgehead atoms. The first-order valence-electron chi connectivity index (χ1n) is 11.5. The summed E-state index contributed by atoms with van der Waals surface area (Å²) in [5.74, 6) is 4.95. The summed E-state index contributed by atoms with van der Waals surface area (Å²) in [7, 11) is 0. The zero-order valence-corrected chi connectivity index (χ0v) is 20.3. The van der Waals surface area contributed by atoms with Gasteiger partial charge in [-0.15, -0.1) is 0 Å². The quantitative estimate of drug-likeness (QED) is 0.179. The summed E-state index contributed by atoms with van der Waals surface area (Å²) in [6.07, 6.45) is 0. The number of benzene rings is 2. The molecule has 0 spiro atoms. The molecule has 1 unspecified atom stereocenters. The topological polar surface area (TPSA) is 172 Å². The van der Waals surface area contributed by atoms with E-state index in [-0.39, 0.29) is 18.5 Å². The molecule has 2 aromatic heterocycles. The van der Waals surface area contributed by atoms with E-state index in [1.807, 2.05) is 13.0 Å². The Balaban J connectivity index is 1.61. The van der Waals surface area contributed by atoms with Gasteiger partial charge in [0.2, 0.25) is 17.7 Å². The van der Waals surface area contributed by atoms with Gasteiger partial charge in [-0.1, -0.05) is 18.2 Å². The first-order chi connectivity index (χ1) is 18.2. The first-order valence-corrected chi connectivity index (χ1v) is 11.5. The van der Waals surface area contributed by atoms with Gasteiger partial charge < -0.3 is 15.8 Å². The van der Waals surface area contributed by atoms with E-state index in [4.69, 9.17) is 16.3 Å². The van der Waals surface area contributed by atoms with Gasteiger partial charge in [0.25, 0.3) is 0 Å². The number of pyridine rings is 1. The lowest BCUT2D eigenvalue weighted by molar-refractivity contribution is -0.118. The van der Waals surface area contributed by atoms with Crippen molar-refractivity contribution in [3.63, 3.8) is 0 Å². The minimum absolute atomic E-state index is 0.0488. The maximum absolute atomic E-state index is 13.4. The van der Waals surface area contributed by atoms with Crippen molar-refractivity contribution in [2.75, 3.05) is 5.32 Å². The van der Waals surface area contributed by atoms with Crippen LogP contribution in [0.5, 0.6) is 11.6 Å². The molecule has 38 heavy (non-hydrogen) atoms. The predicted molar refractivity (Wildman–Crippen MR) is 137 cm³/mol. The highest BCUT2D eigenvalue weighted by Gasteiger charge is 2.16. The molecule has 13 heteroatoms. The Morgan fingerprint density at radius 1 is 1.03 bits per heavy atom. The number of hydrogen-bond donors (Lipinski definition) is 4. The molecule has 1 amide bonds. The third-order valence-electron chi connectivity index (χ3n) is 5.49.